The van der Waals surface area contributed by atoms with Crippen LogP contribution in [0.1, 0.15) is 6.92 Å². The largest absolute Gasteiger partial charge is 0.473 e. The minimum absolute atomic E-state index is 0.449. The van der Waals surface area contributed by atoms with E-state index in [1.165, 1.54) is 0 Å². The summed E-state index contributed by atoms with van der Waals surface area (Å²) in [5.74, 6) is 0.606. The summed E-state index contributed by atoms with van der Waals surface area (Å²) in [4.78, 5) is 0. The van der Waals surface area contributed by atoms with Crippen molar-refractivity contribution in [2.45, 2.75) is 19.3 Å². The van der Waals surface area contributed by atoms with E-state index >= 15 is 0 Å². The molecule has 0 aliphatic rings. The third-order valence-corrected chi connectivity index (χ3v) is 2.50. The average molecular weight is 295 g/mol. The van der Waals surface area contributed by atoms with Crippen molar-refractivity contribution in [2.24, 2.45) is 0 Å². The van der Waals surface area contributed by atoms with Crippen LogP contribution in [0.15, 0.2) is 22.7 Å². The van der Waals surface area contributed by atoms with E-state index in [2.05, 4.69) is 21.2 Å². The summed E-state index contributed by atoms with van der Waals surface area (Å²) >= 11 is 9.18. The van der Waals surface area contributed by atoms with Crippen molar-refractivity contribution in [3.05, 3.63) is 27.7 Å². The fourth-order valence-corrected chi connectivity index (χ4v) is 1.97. The zero-order chi connectivity index (χ0) is 11.4. The molecule has 0 fully saturated rings. The van der Waals surface area contributed by atoms with E-state index < -0.39 is 12.3 Å². The molecule has 0 saturated carbocycles. The van der Waals surface area contributed by atoms with Crippen LogP contribution in [0.5, 0.6) is 5.75 Å². The molecule has 1 aromatic carbocycles. The lowest BCUT2D eigenvalue weighted by atomic mass is 10.3. The molecule has 15 heavy (non-hydrogen) atoms. The predicted molar refractivity (Wildman–Crippen MR) is 64.3 cm³/mol. The lowest BCUT2D eigenvalue weighted by molar-refractivity contribution is 0.0320. The number of likely N-dealkylation sites (N-methyl/N-ethyl adjacent to an activating group) is 1. The van der Waals surface area contributed by atoms with Gasteiger partial charge >= 0.3 is 0 Å². The smallest absolute Gasteiger partial charge is 0.175 e. The summed E-state index contributed by atoms with van der Waals surface area (Å²) in [6.07, 6.45) is -1.05. The van der Waals surface area contributed by atoms with E-state index in [1.807, 2.05) is 0 Å². The van der Waals surface area contributed by atoms with E-state index in [4.69, 9.17) is 16.3 Å². The molecule has 0 heterocycles. The van der Waals surface area contributed by atoms with Crippen molar-refractivity contribution in [3.8, 4) is 5.75 Å². The van der Waals surface area contributed by atoms with Crippen LogP contribution in [0.4, 0.5) is 0 Å². The van der Waals surface area contributed by atoms with Gasteiger partial charge in [-0.1, -0.05) is 27.5 Å². The average Bonchev–Trinajstić information content (AvgIpc) is 2.12. The first kappa shape index (κ1) is 12.8. The molecule has 2 unspecified atom stereocenters. The first-order valence-corrected chi connectivity index (χ1v) is 5.68. The maximum absolute atomic E-state index is 9.38. The molecule has 1 aromatic rings. The Balaban J connectivity index is 2.79. The second-order valence-corrected chi connectivity index (χ2v) is 4.52. The van der Waals surface area contributed by atoms with Crippen LogP contribution in [-0.4, -0.2) is 24.5 Å². The zero-order valence-corrected chi connectivity index (χ0v) is 10.8. The number of aliphatic hydroxyl groups excluding tert-OH is 1. The van der Waals surface area contributed by atoms with Gasteiger partial charge in [0.25, 0.3) is 0 Å². The molecule has 0 saturated heterocycles. The number of nitrogens with one attached hydrogen (secondary N) is 1. The highest BCUT2D eigenvalue weighted by Gasteiger charge is 2.14. The van der Waals surface area contributed by atoms with Crippen molar-refractivity contribution in [1.29, 1.82) is 0 Å². The molecule has 84 valence electrons. The SMILES string of the molecule is CNC(Oc1cc(Cl)cc(Br)c1)C(C)O. The number of ether oxygens (including phenoxy) is 1. The molecule has 3 nitrogen and oxygen atoms in total. The number of hydrogen-bond acceptors (Lipinski definition) is 3. The Kier molecular flexibility index (Phi) is 4.86. The van der Waals surface area contributed by atoms with Crippen molar-refractivity contribution in [2.75, 3.05) is 7.05 Å². The van der Waals surface area contributed by atoms with Crippen LogP contribution < -0.4 is 10.1 Å². The van der Waals surface area contributed by atoms with Gasteiger partial charge < -0.3 is 9.84 Å². The molecule has 0 aromatic heterocycles. The second-order valence-electron chi connectivity index (χ2n) is 3.17. The van der Waals surface area contributed by atoms with Crippen molar-refractivity contribution in [1.82, 2.24) is 5.32 Å². The van der Waals surface area contributed by atoms with Crippen molar-refractivity contribution in [3.63, 3.8) is 0 Å². The highest BCUT2D eigenvalue weighted by Crippen LogP contribution is 2.25. The molecular weight excluding hydrogens is 281 g/mol. The lowest BCUT2D eigenvalue weighted by Gasteiger charge is -2.21. The molecular formula is C10H13BrClNO2. The summed E-state index contributed by atoms with van der Waals surface area (Å²) < 4.78 is 6.35. The van der Waals surface area contributed by atoms with Gasteiger partial charge in [0.15, 0.2) is 6.23 Å². The number of hydrogen-bond donors (Lipinski definition) is 2. The Morgan fingerprint density at radius 1 is 1.47 bits per heavy atom. The summed E-state index contributed by atoms with van der Waals surface area (Å²) in [5.41, 5.74) is 0. The number of halogens is 2. The molecule has 0 bridgehead atoms. The monoisotopic (exact) mass is 293 g/mol. The van der Waals surface area contributed by atoms with Crippen LogP contribution in [0.2, 0.25) is 5.02 Å². The van der Waals surface area contributed by atoms with E-state index in [1.54, 1.807) is 32.2 Å². The minimum Gasteiger partial charge on any atom is -0.473 e. The quantitative estimate of drug-likeness (QED) is 0.838. The summed E-state index contributed by atoms with van der Waals surface area (Å²) in [5, 5.41) is 12.8. The lowest BCUT2D eigenvalue weighted by Crippen LogP contribution is -2.40. The summed E-state index contributed by atoms with van der Waals surface area (Å²) in [6, 6.07) is 5.25. The molecule has 0 aliphatic carbocycles. The molecule has 2 N–H and O–H groups in total. The zero-order valence-electron chi connectivity index (χ0n) is 8.50. The summed E-state index contributed by atoms with van der Waals surface area (Å²) in [7, 11) is 1.72. The van der Waals surface area contributed by atoms with E-state index in [-0.39, 0.29) is 0 Å². The van der Waals surface area contributed by atoms with Crippen LogP contribution >= 0.6 is 27.5 Å². The van der Waals surface area contributed by atoms with Crippen molar-refractivity contribution < 1.29 is 9.84 Å². The summed E-state index contributed by atoms with van der Waals surface area (Å²) in [6.45, 7) is 1.65. The van der Waals surface area contributed by atoms with Gasteiger partial charge in [-0.2, -0.15) is 0 Å². The maximum Gasteiger partial charge on any atom is 0.175 e. The number of rotatable bonds is 4. The van der Waals surface area contributed by atoms with Gasteiger partial charge in [0, 0.05) is 9.50 Å². The fourth-order valence-electron chi connectivity index (χ4n) is 1.14. The van der Waals surface area contributed by atoms with Crippen molar-refractivity contribution >= 4 is 27.5 Å². The van der Waals surface area contributed by atoms with E-state index in [9.17, 15) is 5.11 Å². The third kappa shape index (κ3) is 3.99. The Morgan fingerprint density at radius 2 is 2.13 bits per heavy atom. The van der Waals surface area contributed by atoms with E-state index in [0.29, 0.717) is 10.8 Å². The van der Waals surface area contributed by atoms with Crippen LogP contribution in [-0.2, 0) is 0 Å². The van der Waals surface area contributed by atoms with Gasteiger partial charge in [0.2, 0.25) is 0 Å². The first-order valence-electron chi connectivity index (χ1n) is 4.51. The molecule has 2 atom stereocenters. The van der Waals surface area contributed by atoms with Gasteiger partial charge in [0.1, 0.15) is 11.9 Å². The third-order valence-electron chi connectivity index (χ3n) is 1.82. The Hall–Kier alpha value is -0.290. The molecule has 0 aliphatic heterocycles. The Labute approximate surface area is 103 Å². The minimum atomic E-state index is -0.604. The van der Waals surface area contributed by atoms with Gasteiger partial charge in [-0.15, -0.1) is 0 Å². The normalized spacial score (nSPS) is 14.7. The predicted octanol–water partition coefficient (Wildman–Crippen LogP) is 2.41. The highest BCUT2D eigenvalue weighted by atomic mass is 79.9. The van der Waals surface area contributed by atoms with Crippen LogP contribution in [0, 0.1) is 0 Å². The standard InChI is InChI=1S/C10H13BrClNO2/c1-6(14)10(13-2)15-9-4-7(11)3-8(12)5-9/h3-6,10,13-14H,1-2H3. The molecule has 0 amide bonds. The van der Waals surface area contributed by atoms with E-state index in [0.717, 1.165) is 4.47 Å². The topological polar surface area (TPSA) is 41.5 Å². The second kappa shape index (κ2) is 5.70. The molecule has 0 spiro atoms. The highest BCUT2D eigenvalue weighted by molar-refractivity contribution is 9.10. The molecule has 0 radical (unpaired) electrons. The first-order chi connectivity index (χ1) is 7.02. The Morgan fingerprint density at radius 3 is 2.60 bits per heavy atom. The van der Waals surface area contributed by atoms with Gasteiger partial charge in [0.05, 0.1) is 0 Å². The number of aliphatic hydroxyl groups is 1. The fraction of sp³-hybridized carbons (Fsp3) is 0.400. The number of benzene rings is 1. The Bertz CT molecular complexity index is 313. The van der Waals surface area contributed by atoms with Gasteiger partial charge in [-0.05, 0) is 32.2 Å². The van der Waals surface area contributed by atoms with Crippen LogP contribution in [0.25, 0.3) is 0 Å². The molecule has 1 rings (SSSR count). The molecule has 5 heteroatoms. The van der Waals surface area contributed by atoms with Gasteiger partial charge in [-0.3, -0.25) is 5.32 Å². The van der Waals surface area contributed by atoms with Gasteiger partial charge in [-0.25, -0.2) is 0 Å². The maximum atomic E-state index is 9.38. The van der Waals surface area contributed by atoms with Crippen LogP contribution in [0.3, 0.4) is 0 Å².